The maximum atomic E-state index is 16.3. The summed E-state index contributed by atoms with van der Waals surface area (Å²) < 4.78 is 24.7. The number of hydrogen-bond acceptors (Lipinski definition) is 9. The Balaban J connectivity index is 1.53. The number of carbonyl (C=O) groups excluding carboxylic acids is 3. The van der Waals surface area contributed by atoms with Crippen LogP contribution in [0.5, 0.6) is 0 Å². The van der Waals surface area contributed by atoms with E-state index in [0.29, 0.717) is 53.3 Å². The number of aliphatic hydroxyl groups is 3. The fourth-order valence-electron chi connectivity index (χ4n) is 6.91. The van der Waals surface area contributed by atoms with Gasteiger partial charge in [0.1, 0.15) is 12.2 Å². The molecule has 0 unspecified atom stereocenters. The maximum absolute atomic E-state index is 16.3. The van der Waals surface area contributed by atoms with Crippen molar-refractivity contribution < 1.29 is 38.5 Å². The highest BCUT2D eigenvalue weighted by Crippen LogP contribution is 2.60. The van der Waals surface area contributed by atoms with Crippen molar-refractivity contribution in [2.75, 3.05) is 22.1 Å². The van der Waals surface area contributed by atoms with Crippen molar-refractivity contribution in [3.05, 3.63) is 65.5 Å². The van der Waals surface area contributed by atoms with Crippen LogP contribution in [-0.2, 0) is 44.2 Å². The molecule has 1 spiro atoms. The first-order valence-corrected chi connectivity index (χ1v) is 19.0. The van der Waals surface area contributed by atoms with Gasteiger partial charge in [0.2, 0.25) is 8.41 Å². The van der Waals surface area contributed by atoms with Gasteiger partial charge in [-0.05, 0) is 69.3 Å². The molecule has 2 aliphatic rings. The average molecular weight is 683 g/mol. The van der Waals surface area contributed by atoms with Crippen LogP contribution >= 0.6 is 0 Å². The van der Waals surface area contributed by atoms with Crippen molar-refractivity contribution in [3.63, 3.8) is 0 Å². The third kappa shape index (κ3) is 6.91. The van der Waals surface area contributed by atoms with Crippen LogP contribution in [0.2, 0.25) is 18.6 Å². The number of ether oxygens (including phenoxy) is 1. The molecule has 5 N–H and O–H groups in total. The van der Waals surface area contributed by atoms with E-state index >= 15 is 4.11 Å². The second-order valence-electron chi connectivity index (χ2n) is 13.2. The number of carbonyl (C=O) groups is 3. The largest absolute Gasteiger partial charge is 0.396 e. The summed E-state index contributed by atoms with van der Waals surface area (Å²) in [5.74, 6) is -2.16. The Hall–Kier alpha value is -4.02. The summed E-state index contributed by atoms with van der Waals surface area (Å²) >= 11 is 0. The lowest BCUT2D eigenvalue weighted by molar-refractivity contribution is -0.146. The van der Waals surface area contributed by atoms with E-state index in [-0.39, 0.29) is 19.1 Å². The molecule has 5 rings (SSSR count). The Morgan fingerprint density at radius 1 is 1.08 bits per heavy atom. The Kier molecular flexibility index (Phi) is 10.2. The Labute approximate surface area is 279 Å². The molecular formula is C33H43FN6O7Si. The lowest BCUT2D eigenvalue weighted by Crippen LogP contribution is -2.45. The summed E-state index contributed by atoms with van der Waals surface area (Å²) in [5, 5.41) is 42.3. The van der Waals surface area contributed by atoms with Crippen molar-refractivity contribution >= 4 is 43.2 Å². The van der Waals surface area contributed by atoms with Crippen LogP contribution in [0.25, 0.3) is 0 Å². The summed E-state index contributed by atoms with van der Waals surface area (Å²) in [6.45, 7) is 8.17. The summed E-state index contributed by atoms with van der Waals surface area (Å²) in [6.07, 6.45) is -0.687. The SMILES string of the molecule is C[C@H](O)C(=O)Nc1cccc(CN2C(=O)[C@]3(O[C@H](CCn4cc(CCO)nn4)[C@@H]([Si](C)(C)F)[C@@H]3C)c3cc(NC(=O)[C@H](C)O)ccc32)c1. The first kappa shape index (κ1) is 35.3. The molecule has 1 saturated heterocycles. The number of anilines is 3. The van der Waals surface area contributed by atoms with Crippen LogP contribution in [0.15, 0.2) is 48.7 Å². The van der Waals surface area contributed by atoms with E-state index in [9.17, 15) is 29.7 Å². The van der Waals surface area contributed by atoms with Gasteiger partial charge in [-0.1, -0.05) is 24.3 Å². The molecule has 3 heterocycles. The van der Waals surface area contributed by atoms with Gasteiger partial charge in [0, 0.05) is 54.2 Å². The molecule has 6 atom stereocenters. The van der Waals surface area contributed by atoms with E-state index in [0.717, 1.165) is 0 Å². The van der Waals surface area contributed by atoms with E-state index in [1.165, 1.54) is 13.8 Å². The first-order chi connectivity index (χ1) is 22.6. The Morgan fingerprint density at radius 2 is 1.75 bits per heavy atom. The molecule has 1 aromatic heterocycles. The Morgan fingerprint density at radius 3 is 2.38 bits per heavy atom. The van der Waals surface area contributed by atoms with Gasteiger partial charge in [-0.25, -0.2) is 0 Å². The summed E-state index contributed by atoms with van der Waals surface area (Å²) in [6, 6.07) is 11.9. The zero-order valence-electron chi connectivity index (χ0n) is 27.7. The van der Waals surface area contributed by atoms with Crippen LogP contribution < -0.4 is 15.5 Å². The van der Waals surface area contributed by atoms with Crippen LogP contribution in [-0.4, -0.2) is 81.4 Å². The van der Waals surface area contributed by atoms with E-state index in [1.807, 2.05) is 6.92 Å². The molecule has 2 aliphatic heterocycles. The molecule has 48 heavy (non-hydrogen) atoms. The number of aliphatic hydroxyl groups excluding tert-OH is 3. The number of amides is 3. The third-order valence-electron chi connectivity index (χ3n) is 9.12. The van der Waals surface area contributed by atoms with E-state index < -0.39 is 55.6 Å². The molecule has 258 valence electrons. The number of halogens is 1. The van der Waals surface area contributed by atoms with Gasteiger partial charge >= 0.3 is 0 Å². The normalized spacial score (nSPS) is 23.3. The van der Waals surface area contributed by atoms with E-state index in [4.69, 9.17) is 4.74 Å². The van der Waals surface area contributed by atoms with Gasteiger partial charge in [0.25, 0.3) is 17.7 Å². The lowest BCUT2D eigenvalue weighted by atomic mass is 9.82. The molecule has 3 amide bonds. The fourth-order valence-corrected chi connectivity index (χ4v) is 9.45. The van der Waals surface area contributed by atoms with E-state index in [2.05, 4.69) is 20.9 Å². The zero-order chi connectivity index (χ0) is 35.0. The second-order valence-corrected chi connectivity index (χ2v) is 17.0. The molecule has 0 aliphatic carbocycles. The number of benzene rings is 2. The average Bonchev–Trinajstić information content (AvgIpc) is 3.66. The molecule has 0 saturated carbocycles. The lowest BCUT2D eigenvalue weighted by Gasteiger charge is -2.31. The molecule has 3 aromatic rings. The zero-order valence-corrected chi connectivity index (χ0v) is 28.7. The van der Waals surface area contributed by atoms with Crippen molar-refractivity contribution in [3.8, 4) is 0 Å². The van der Waals surface area contributed by atoms with Crippen LogP contribution in [0.4, 0.5) is 21.2 Å². The molecular weight excluding hydrogens is 639 g/mol. The second kappa shape index (κ2) is 13.8. The predicted molar refractivity (Wildman–Crippen MR) is 178 cm³/mol. The molecule has 0 radical (unpaired) electrons. The van der Waals surface area contributed by atoms with Crippen molar-refractivity contribution in [2.24, 2.45) is 5.92 Å². The topological polar surface area (TPSA) is 179 Å². The summed E-state index contributed by atoms with van der Waals surface area (Å²) in [7, 11) is -3.46. The monoisotopic (exact) mass is 682 g/mol. The quantitative estimate of drug-likeness (QED) is 0.142. The van der Waals surface area contributed by atoms with Crippen molar-refractivity contribution in [1.29, 1.82) is 0 Å². The van der Waals surface area contributed by atoms with Gasteiger partial charge in [-0.15, -0.1) is 5.10 Å². The number of nitrogens with one attached hydrogen (secondary N) is 2. The van der Waals surface area contributed by atoms with Crippen LogP contribution in [0.3, 0.4) is 0 Å². The molecule has 15 heteroatoms. The van der Waals surface area contributed by atoms with Gasteiger partial charge in [-0.2, -0.15) is 0 Å². The maximum Gasteiger partial charge on any atom is 0.264 e. The number of aryl methyl sites for hydroxylation is 1. The number of hydrogen-bond donors (Lipinski definition) is 5. The summed E-state index contributed by atoms with van der Waals surface area (Å²) in [5.41, 5.74) is 0.972. The highest BCUT2D eigenvalue weighted by atomic mass is 28.4. The minimum Gasteiger partial charge on any atom is -0.396 e. The first-order valence-electron chi connectivity index (χ1n) is 16.1. The van der Waals surface area contributed by atoms with Gasteiger partial charge in [0.05, 0.1) is 24.0 Å². The van der Waals surface area contributed by atoms with Gasteiger partial charge in [-0.3, -0.25) is 19.1 Å². The van der Waals surface area contributed by atoms with Gasteiger partial charge < -0.3 is 39.7 Å². The Bertz CT molecular complexity index is 1680. The van der Waals surface area contributed by atoms with Crippen molar-refractivity contribution in [1.82, 2.24) is 15.0 Å². The molecule has 13 nitrogen and oxygen atoms in total. The minimum atomic E-state index is -3.46. The molecule has 0 bridgehead atoms. The highest BCUT2D eigenvalue weighted by molar-refractivity contribution is 6.72. The number of aromatic nitrogens is 3. The van der Waals surface area contributed by atoms with Crippen LogP contribution in [0.1, 0.15) is 44.0 Å². The standard InChI is InChI=1S/C33H43FN6O7Si/c1-19-29(48(4,5)34)28(11-13-39-18-25(12-14-41)37-38-39)47-33(19)26-16-24(36-31(45)21(3)43)9-10-27(26)40(32(33)46)17-22-7-6-8-23(15-22)35-30(44)20(2)42/h6-10,15-16,18-21,28-29,41-43H,11-14,17H2,1-5H3,(H,35,44)(H,36,45)/t19-,20-,21-,28+,29-,33+/m0/s1. The van der Waals surface area contributed by atoms with Crippen LogP contribution in [0, 0.1) is 5.92 Å². The molecule has 1 fully saturated rings. The van der Waals surface area contributed by atoms with Crippen molar-refractivity contribution in [2.45, 2.75) is 89.3 Å². The highest BCUT2D eigenvalue weighted by Gasteiger charge is 2.66. The van der Waals surface area contributed by atoms with Gasteiger partial charge in [0.15, 0.2) is 5.60 Å². The minimum absolute atomic E-state index is 0.0628. The summed E-state index contributed by atoms with van der Waals surface area (Å²) in [4.78, 5) is 40.9. The third-order valence-corrected chi connectivity index (χ3v) is 11.6. The predicted octanol–water partition coefficient (Wildman–Crippen LogP) is 2.86. The van der Waals surface area contributed by atoms with E-state index in [1.54, 1.807) is 71.3 Å². The number of rotatable bonds is 12. The molecule has 2 aromatic carbocycles. The fraction of sp³-hybridized carbons (Fsp3) is 0.485. The number of nitrogens with zero attached hydrogens (tertiary/aromatic N) is 4. The number of fused-ring (bicyclic) bond motifs is 2. The smallest absolute Gasteiger partial charge is 0.264 e.